The lowest BCUT2D eigenvalue weighted by atomic mass is 9.93. The molecule has 2 unspecified atom stereocenters. The van der Waals surface area contributed by atoms with Crippen LogP contribution in [0, 0.1) is 17.5 Å². The fourth-order valence-corrected chi connectivity index (χ4v) is 2.54. The van der Waals surface area contributed by atoms with Crippen LogP contribution in [0.1, 0.15) is 35.2 Å². The number of halogens is 3. The highest BCUT2D eigenvalue weighted by Crippen LogP contribution is 2.21. The van der Waals surface area contributed by atoms with Gasteiger partial charge in [-0.05, 0) is 18.9 Å². The van der Waals surface area contributed by atoms with Gasteiger partial charge in [-0.1, -0.05) is 30.3 Å². The van der Waals surface area contributed by atoms with Gasteiger partial charge in [-0.25, -0.2) is 13.2 Å². The van der Waals surface area contributed by atoms with E-state index in [4.69, 9.17) is 0 Å². The molecule has 0 fully saturated rings. The Morgan fingerprint density at radius 2 is 1.71 bits per heavy atom. The van der Waals surface area contributed by atoms with E-state index in [0.717, 1.165) is 5.56 Å². The molecule has 2 aromatic rings. The summed E-state index contributed by atoms with van der Waals surface area (Å²) in [5.41, 5.74) is 0.0685. The molecule has 0 aliphatic rings. The second-order valence-electron chi connectivity index (χ2n) is 5.65. The Bertz CT molecular complexity index is 682. The number of carbonyl (C=O) groups excluding carboxylic acids is 1. The molecule has 1 amide bonds. The Balaban J connectivity index is 2.13. The first kappa shape index (κ1) is 18.0. The second kappa shape index (κ2) is 7.97. The van der Waals surface area contributed by atoms with E-state index in [1.54, 1.807) is 6.92 Å². The van der Waals surface area contributed by atoms with E-state index >= 15 is 0 Å². The standard InChI is InChI=1S/C18H18F3NO2/c1-11(23)7-13(12-5-3-2-4-6-12)10-22-18(24)17-15(20)8-14(19)9-16(17)21/h2-6,8-9,11,13,23H,7,10H2,1H3,(H,22,24). The SMILES string of the molecule is CC(O)CC(CNC(=O)c1c(F)cc(F)cc1F)c1ccccc1. The summed E-state index contributed by atoms with van der Waals surface area (Å²) in [5.74, 6) is -4.77. The van der Waals surface area contributed by atoms with E-state index in [1.165, 1.54) is 0 Å². The van der Waals surface area contributed by atoms with Gasteiger partial charge in [-0.3, -0.25) is 4.79 Å². The third kappa shape index (κ3) is 4.58. The van der Waals surface area contributed by atoms with Crippen LogP contribution in [0.2, 0.25) is 0 Å². The van der Waals surface area contributed by atoms with Crippen molar-refractivity contribution in [3.05, 3.63) is 71.0 Å². The molecule has 3 nitrogen and oxygen atoms in total. The molecule has 6 heteroatoms. The molecular weight excluding hydrogens is 319 g/mol. The number of hydrogen-bond donors (Lipinski definition) is 2. The monoisotopic (exact) mass is 337 g/mol. The van der Waals surface area contributed by atoms with E-state index in [9.17, 15) is 23.1 Å². The van der Waals surface area contributed by atoms with Gasteiger partial charge in [-0.15, -0.1) is 0 Å². The molecule has 0 bridgehead atoms. The highest BCUT2D eigenvalue weighted by atomic mass is 19.1. The molecule has 0 heterocycles. The molecule has 2 aromatic carbocycles. The molecule has 0 radical (unpaired) electrons. The van der Waals surface area contributed by atoms with Gasteiger partial charge in [0.1, 0.15) is 23.0 Å². The summed E-state index contributed by atoms with van der Waals surface area (Å²) >= 11 is 0. The zero-order valence-electron chi connectivity index (χ0n) is 13.1. The van der Waals surface area contributed by atoms with Crippen molar-refractivity contribution in [3.8, 4) is 0 Å². The van der Waals surface area contributed by atoms with Crippen molar-refractivity contribution in [1.82, 2.24) is 5.32 Å². The fraction of sp³-hybridized carbons (Fsp3) is 0.278. The van der Waals surface area contributed by atoms with E-state index in [-0.39, 0.29) is 12.5 Å². The topological polar surface area (TPSA) is 49.3 Å². The van der Waals surface area contributed by atoms with Crippen molar-refractivity contribution in [2.24, 2.45) is 0 Å². The third-order valence-corrected chi connectivity index (χ3v) is 3.64. The minimum Gasteiger partial charge on any atom is -0.393 e. The Labute approximate surface area is 138 Å². The van der Waals surface area contributed by atoms with Crippen molar-refractivity contribution < 1.29 is 23.1 Å². The van der Waals surface area contributed by atoms with Gasteiger partial charge in [0, 0.05) is 24.6 Å². The lowest BCUT2D eigenvalue weighted by Crippen LogP contribution is -2.31. The van der Waals surface area contributed by atoms with Gasteiger partial charge in [-0.2, -0.15) is 0 Å². The van der Waals surface area contributed by atoms with Crippen LogP contribution in [0.4, 0.5) is 13.2 Å². The molecule has 2 N–H and O–H groups in total. The van der Waals surface area contributed by atoms with Crippen LogP contribution in [0.25, 0.3) is 0 Å². The minimum atomic E-state index is -1.25. The van der Waals surface area contributed by atoms with Crippen LogP contribution in [-0.4, -0.2) is 23.7 Å². The first-order valence-electron chi connectivity index (χ1n) is 7.54. The third-order valence-electron chi connectivity index (χ3n) is 3.64. The average molecular weight is 337 g/mol. The van der Waals surface area contributed by atoms with Gasteiger partial charge in [0.15, 0.2) is 0 Å². The second-order valence-corrected chi connectivity index (χ2v) is 5.65. The molecular formula is C18H18F3NO2. The molecule has 2 atom stereocenters. The smallest absolute Gasteiger partial charge is 0.257 e. The van der Waals surface area contributed by atoms with Gasteiger partial charge in [0.25, 0.3) is 5.91 Å². The quantitative estimate of drug-likeness (QED) is 0.849. The Hall–Kier alpha value is -2.34. The average Bonchev–Trinajstić information content (AvgIpc) is 2.51. The van der Waals surface area contributed by atoms with E-state index < -0.39 is 35.0 Å². The fourth-order valence-electron chi connectivity index (χ4n) is 2.54. The summed E-state index contributed by atoms with van der Waals surface area (Å²) in [5, 5.41) is 12.1. The van der Waals surface area contributed by atoms with Crippen molar-refractivity contribution >= 4 is 5.91 Å². The summed E-state index contributed by atoms with van der Waals surface area (Å²) in [7, 11) is 0. The molecule has 0 aromatic heterocycles. The lowest BCUT2D eigenvalue weighted by molar-refractivity contribution is 0.0937. The minimum absolute atomic E-state index is 0.0873. The maximum atomic E-state index is 13.6. The van der Waals surface area contributed by atoms with Crippen LogP contribution in [0.5, 0.6) is 0 Å². The van der Waals surface area contributed by atoms with Crippen LogP contribution < -0.4 is 5.32 Å². The molecule has 0 aliphatic carbocycles. The summed E-state index contributed by atoms with van der Waals surface area (Å²) in [6, 6.07) is 10.1. The zero-order valence-corrected chi connectivity index (χ0v) is 13.1. The normalized spacial score (nSPS) is 13.4. The van der Waals surface area contributed by atoms with Gasteiger partial charge in [0.2, 0.25) is 0 Å². The summed E-state index contributed by atoms with van der Waals surface area (Å²) in [4.78, 5) is 12.0. The molecule has 0 saturated carbocycles. The molecule has 0 aliphatic heterocycles. The number of nitrogens with one attached hydrogen (secondary N) is 1. The zero-order chi connectivity index (χ0) is 17.7. The molecule has 24 heavy (non-hydrogen) atoms. The van der Waals surface area contributed by atoms with E-state index in [1.807, 2.05) is 30.3 Å². The Morgan fingerprint density at radius 1 is 1.12 bits per heavy atom. The van der Waals surface area contributed by atoms with Crippen molar-refractivity contribution in [2.45, 2.75) is 25.4 Å². The summed E-state index contributed by atoms with van der Waals surface area (Å²) in [6.45, 7) is 1.71. The van der Waals surface area contributed by atoms with Crippen LogP contribution in [0.15, 0.2) is 42.5 Å². The number of carbonyl (C=O) groups is 1. The Kier molecular flexibility index (Phi) is 5.98. The van der Waals surface area contributed by atoms with Crippen molar-refractivity contribution in [2.75, 3.05) is 6.54 Å². The molecule has 0 saturated heterocycles. The highest BCUT2D eigenvalue weighted by molar-refractivity contribution is 5.94. The first-order valence-corrected chi connectivity index (χ1v) is 7.54. The lowest BCUT2D eigenvalue weighted by Gasteiger charge is -2.20. The highest BCUT2D eigenvalue weighted by Gasteiger charge is 2.21. The van der Waals surface area contributed by atoms with E-state index in [2.05, 4.69) is 5.32 Å². The number of rotatable bonds is 6. The predicted octanol–water partition coefficient (Wildman–Crippen LogP) is 3.39. The maximum Gasteiger partial charge on any atom is 0.257 e. The largest absolute Gasteiger partial charge is 0.393 e. The summed E-state index contributed by atoms with van der Waals surface area (Å²) < 4.78 is 40.2. The maximum absolute atomic E-state index is 13.6. The Morgan fingerprint density at radius 3 is 2.25 bits per heavy atom. The number of aliphatic hydroxyl groups is 1. The van der Waals surface area contributed by atoms with Gasteiger partial charge in [0.05, 0.1) is 6.10 Å². The molecule has 0 spiro atoms. The predicted molar refractivity (Wildman–Crippen MR) is 84.1 cm³/mol. The molecule has 2 rings (SSSR count). The molecule has 128 valence electrons. The van der Waals surface area contributed by atoms with Crippen LogP contribution in [-0.2, 0) is 0 Å². The summed E-state index contributed by atoms with van der Waals surface area (Å²) in [6.07, 6.45) is -0.231. The number of hydrogen-bond acceptors (Lipinski definition) is 2. The van der Waals surface area contributed by atoms with Gasteiger partial charge < -0.3 is 10.4 Å². The number of amides is 1. The van der Waals surface area contributed by atoms with Crippen molar-refractivity contribution in [1.29, 1.82) is 0 Å². The van der Waals surface area contributed by atoms with Crippen LogP contribution in [0.3, 0.4) is 0 Å². The van der Waals surface area contributed by atoms with E-state index in [0.29, 0.717) is 18.6 Å². The van der Waals surface area contributed by atoms with Crippen LogP contribution >= 0.6 is 0 Å². The van der Waals surface area contributed by atoms with Crippen molar-refractivity contribution in [3.63, 3.8) is 0 Å². The van der Waals surface area contributed by atoms with Gasteiger partial charge >= 0.3 is 0 Å². The number of benzene rings is 2. The first-order chi connectivity index (χ1) is 11.4. The number of aliphatic hydroxyl groups excluding tert-OH is 1.